The van der Waals surface area contributed by atoms with E-state index in [4.69, 9.17) is 19.4 Å². The summed E-state index contributed by atoms with van der Waals surface area (Å²) >= 11 is 2.15. The maximum atomic E-state index is 14.0. The number of hydrogen-bond acceptors (Lipinski definition) is 8. The molecule has 71 heavy (non-hydrogen) atoms. The van der Waals surface area contributed by atoms with Crippen molar-refractivity contribution >= 4 is 68.7 Å². The van der Waals surface area contributed by atoms with Gasteiger partial charge in [0.15, 0.2) is 0 Å². The zero-order chi connectivity index (χ0) is 49.9. The van der Waals surface area contributed by atoms with Crippen LogP contribution in [-0.2, 0) is 38.3 Å². The van der Waals surface area contributed by atoms with Crippen LogP contribution in [-0.4, -0.2) is 103 Å². The molecule has 0 unspecified atom stereocenters. The van der Waals surface area contributed by atoms with Crippen molar-refractivity contribution in [3.05, 3.63) is 107 Å². The minimum atomic E-state index is -0.815. The summed E-state index contributed by atoms with van der Waals surface area (Å²) < 4.78 is 23.5. The maximum Gasteiger partial charge on any atom is 0.407 e. The lowest BCUT2D eigenvalue weighted by molar-refractivity contribution is -0.136. The number of alkyl carbamates (subject to hydrolysis) is 2. The largest absolute Gasteiger partial charge is 0.449 e. The number of imidazole rings is 2. The number of halogens is 2. The van der Waals surface area contributed by atoms with E-state index >= 15 is 0 Å². The van der Waals surface area contributed by atoms with Crippen molar-refractivity contribution in [2.75, 3.05) is 37.4 Å². The summed E-state index contributed by atoms with van der Waals surface area (Å²) in [5, 5.41) is 5.48. The van der Waals surface area contributed by atoms with Crippen LogP contribution in [0.2, 0.25) is 0 Å². The van der Waals surface area contributed by atoms with Gasteiger partial charge in [-0.2, -0.15) is 0 Å². The normalized spacial score (nSPS) is 18.8. The molecule has 2 saturated heterocycles. The van der Waals surface area contributed by atoms with Crippen molar-refractivity contribution in [3.8, 4) is 22.3 Å². The molecule has 5 atom stereocenters. The lowest BCUT2D eigenvalue weighted by atomic mass is 9.84. The van der Waals surface area contributed by atoms with Gasteiger partial charge in [0.1, 0.15) is 43.6 Å². The van der Waals surface area contributed by atoms with Crippen LogP contribution in [0.15, 0.2) is 72.8 Å². The number of fused-ring (bicyclic) bond motifs is 2. The highest BCUT2D eigenvalue weighted by Crippen LogP contribution is 2.39. The third-order valence-electron chi connectivity index (χ3n) is 14.4. The van der Waals surface area contributed by atoms with Gasteiger partial charge in [0.2, 0.25) is 11.8 Å². The third-order valence-corrected chi connectivity index (χ3v) is 14.9. The fourth-order valence-electron chi connectivity index (χ4n) is 10.7. The Hall–Kier alpha value is -6.04. The number of carbonyl (C=O) groups excluding carboxylic acids is 4. The van der Waals surface area contributed by atoms with E-state index in [1.54, 1.807) is 4.90 Å². The minimum Gasteiger partial charge on any atom is -0.449 e. The molecule has 2 fully saturated rings. The van der Waals surface area contributed by atoms with Crippen molar-refractivity contribution in [1.29, 1.82) is 0 Å². The number of nitrogens with one attached hydrogen (secondary N) is 4. The fraction of sp³-hybridized carbons (Fsp3) is 0.455. The Morgan fingerprint density at radius 1 is 0.704 bits per heavy atom. The standard InChI is InChI=1S/C55H64FIN8O6/c1-31(2)48(62-54(68)70-24-20-56)52(66)64-22-6-9-47(64)51-59-43-19-17-39(30-45(43)61-51)41-28-36-15-14-35(41)12-10-34-11-13-37(26-33(36)5)40(27-34)38-16-18-42-44(29-38)60-50(58-42)46-8-7-23-65(46)53(67)49(32(3)4)63-55(69)71-25-21-57/h11,13-19,27-33,46-49H,6-10,12,20-26H2,1-5H3,(H,58,60)(H,59,61)(H,62,68)(H,63,69)/t33-,46+,47+,48+,49+/m1/s1. The van der Waals surface area contributed by atoms with E-state index in [1.165, 1.54) is 33.4 Å². The SMILES string of the molecule is CC(C)[C@H](NC(=O)OCCF)C(=O)N1CCC[C@H]1c1nc2ccc(-c3cc4ccc3CCc3ccc(c(-c5ccc6nc([C@@H]7CCCN7C(=O)[C@@H](NC(=O)OCCI)C(C)C)[nH]c6c5)c3)C[C@H]4C)cc2[nH]1. The van der Waals surface area contributed by atoms with Crippen molar-refractivity contribution in [3.63, 3.8) is 0 Å². The molecule has 12 rings (SSSR count). The first-order valence-electron chi connectivity index (χ1n) is 25.1. The summed E-state index contributed by atoms with van der Waals surface area (Å²) in [5.74, 6) is 1.02. The molecule has 0 radical (unpaired) electrons. The quantitative estimate of drug-likeness (QED) is 0.0616. The number of benzene rings is 4. The van der Waals surface area contributed by atoms with Crippen molar-refractivity contribution in [1.82, 2.24) is 40.4 Å². The summed E-state index contributed by atoms with van der Waals surface area (Å²) in [6, 6.07) is 24.6. The van der Waals surface area contributed by atoms with Crippen LogP contribution >= 0.6 is 22.6 Å². The number of alkyl halides is 2. The van der Waals surface area contributed by atoms with E-state index in [0.29, 0.717) is 23.3 Å². The van der Waals surface area contributed by atoms with Crippen molar-refractivity contribution in [2.24, 2.45) is 11.8 Å². The molecule has 374 valence electrons. The number of carbonyl (C=O) groups is 4. The maximum absolute atomic E-state index is 14.0. The zero-order valence-corrected chi connectivity index (χ0v) is 43.3. The highest BCUT2D eigenvalue weighted by Gasteiger charge is 2.39. The molecule has 6 aliphatic rings. The highest BCUT2D eigenvalue weighted by atomic mass is 127. The molecule has 2 aromatic heterocycles. The molecular weight excluding hydrogens is 1010 g/mol. The molecular formula is C55H64FIN8O6. The number of amides is 4. The van der Waals surface area contributed by atoms with E-state index in [0.717, 1.165) is 84.0 Å². The lowest BCUT2D eigenvalue weighted by Gasteiger charge is -2.30. The molecule has 4 aliphatic carbocycles. The molecule has 4 heterocycles. The van der Waals surface area contributed by atoms with Crippen LogP contribution in [0.3, 0.4) is 0 Å². The minimum absolute atomic E-state index is 0.118. The molecule has 14 nitrogen and oxygen atoms in total. The van der Waals surface area contributed by atoms with Crippen LogP contribution in [0.4, 0.5) is 14.0 Å². The number of rotatable bonds is 14. The number of hydrogen-bond donors (Lipinski definition) is 4. The predicted molar refractivity (Wildman–Crippen MR) is 281 cm³/mol. The Morgan fingerprint density at radius 3 is 1.77 bits per heavy atom. The average Bonchev–Trinajstić information content (AvgIpc) is 4.20. The van der Waals surface area contributed by atoms with Crippen molar-refractivity contribution < 1.29 is 33.0 Å². The van der Waals surface area contributed by atoms with Gasteiger partial charge < -0.3 is 39.9 Å². The van der Waals surface area contributed by atoms with Gasteiger partial charge >= 0.3 is 12.2 Å². The summed E-state index contributed by atoms with van der Waals surface area (Å²) in [5.41, 5.74) is 13.1. The Balaban J connectivity index is 0.936. The van der Waals surface area contributed by atoms with Crippen LogP contribution in [0.5, 0.6) is 0 Å². The molecule has 0 spiro atoms. The topological polar surface area (TPSA) is 175 Å². The van der Waals surface area contributed by atoms with Gasteiger partial charge in [0, 0.05) is 17.5 Å². The molecule has 4 aromatic carbocycles. The molecule has 16 heteroatoms. The molecule has 4 amide bonds. The summed E-state index contributed by atoms with van der Waals surface area (Å²) in [6.45, 7) is 10.2. The van der Waals surface area contributed by atoms with E-state index in [2.05, 4.69) is 123 Å². The van der Waals surface area contributed by atoms with Crippen LogP contribution in [0, 0.1) is 11.8 Å². The second-order valence-corrected chi connectivity index (χ2v) is 21.1. The first-order chi connectivity index (χ1) is 34.3. The Bertz CT molecular complexity index is 2930. The Labute approximate surface area is 427 Å². The lowest BCUT2D eigenvalue weighted by Crippen LogP contribution is -2.51. The number of likely N-dealkylation sites (tertiary alicyclic amines) is 2. The number of ether oxygens (including phenoxy) is 2. The third kappa shape index (κ3) is 10.8. The van der Waals surface area contributed by atoms with Gasteiger partial charge in [-0.25, -0.2) is 23.9 Å². The first kappa shape index (κ1) is 49.9. The molecule has 2 aliphatic heterocycles. The smallest absolute Gasteiger partial charge is 0.407 e. The molecule has 4 bridgehead atoms. The number of aryl methyl sites for hydroxylation is 2. The molecule has 0 saturated carbocycles. The van der Waals surface area contributed by atoms with Crippen LogP contribution in [0.1, 0.15) is 112 Å². The number of aromatic amines is 2. The second-order valence-electron chi connectivity index (χ2n) is 20.0. The number of H-pyrrole nitrogens is 2. The highest BCUT2D eigenvalue weighted by molar-refractivity contribution is 14.1. The van der Waals surface area contributed by atoms with Gasteiger partial charge in [-0.3, -0.25) is 9.59 Å². The van der Waals surface area contributed by atoms with Crippen molar-refractivity contribution in [2.45, 2.75) is 110 Å². The summed E-state index contributed by atoms with van der Waals surface area (Å²) in [4.78, 5) is 73.6. The zero-order valence-electron chi connectivity index (χ0n) is 41.2. The average molecular weight is 1080 g/mol. The predicted octanol–water partition coefficient (Wildman–Crippen LogP) is 10.5. The van der Waals surface area contributed by atoms with Gasteiger partial charge in [-0.05, 0) is 131 Å². The first-order valence-corrected chi connectivity index (χ1v) is 26.7. The van der Waals surface area contributed by atoms with E-state index in [-0.39, 0.29) is 54.9 Å². The van der Waals surface area contributed by atoms with Gasteiger partial charge in [-0.15, -0.1) is 0 Å². The Kier molecular flexibility index (Phi) is 15.3. The number of nitrogens with zero attached hydrogens (tertiary/aromatic N) is 4. The van der Waals surface area contributed by atoms with Crippen LogP contribution < -0.4 is 10.6 Å². The van der Waals surface area contributed by atoms with Gasteiger partial charge in [0.25, 0.3) is 0 Å². The van der Waals surface area contributed by atoms with E-state index in [1.807, 2.05) is 32.6 Å². The van der Waals surface area contributed by atoms with E-state index in [9.17, 15) is 23.6 Å². The molecule has 4 N–H and O–H groups in total. The number of aromatic nitrogens is 4. The summed E-state index contributed by atoms with van der Waals surface area (Å²) in [7, 11) is 0. The van der Waals surface area contributed by atoms with Gasteiger partial charge in [0.05, 0.1) is 34.2 Å². The Morgan fingerprint density at radius 2 is 1.24 bits per heavy atom. The summed E-state index contributed by atoms with van der Waals surface area (Å²) in [6.07, 6.45) is 4.31. The fourth-order valence-corrected chi connectivity index (χ4v) is 10.9. The second kappa shape index (κ2) is 21.8. The monoisotopic (exact) mass is 1080 g/mol. The molecule has 6 aromatic rings. The van der Waals surface area contributed by atoms with E-state index < -0.39 is 30.9 Å². The van der Waals surface area contributed by atoms with Crippen LogP contribution in [0.25, 0.3) is 44.3 Å². The van der Waals surface area contributed by atoms with Gasteiger partial charge in [-0.1, -0.05) is 106 Å².